The largest absolute Gasteiger partial charge is 0.461 e. The van der Waals surface area contributed by atoms with Gasteiger partial charge >= 0.3 is 5.97 Å². The van der Waals surface area contributed by atoms with Crippen molar-refractivity contribution in [1.82, 2.24) is 0 Å². The van der Waals surface area contributed by atoms with E-state index >= 15 is 0 Å². The predicted octanol–water partition coefficient (Wildman–Crippen LogP) is 2.65. The van der Waals surface area contributed by atoms with Crippen LogP contribution in [0.1, 0.15) is 38.5 Å². The number of rotatable bonds is 1. The van der Waals surface area contributed by atoms with Crippen LogP contribution < -0.4 is 0 Å². The molecule has 1 saturated heterocycles. The smallest absolute Gasteiger partial charge is 0.312 e. The summed E-state index contributed by atoms with van der Waals surface area (Å²) in [6, 6.07) is 0. The van der Waals surface area contributed by atoms with Gasteiger partial charge < -0.3 is 4.74 Å². The van der Waals surface area contributed by atoms with Crippen LogP contribution in [-0.2, 0) is 9.53 Å². The third-order valence-corrected chi connectivity index (χ3v) is 4.03. The molecule has 1 spiro atoms. The Bertz CT molecular complexity index is 209. The van der Waals surface area contributed by atoms with Crippen LogP contribution >= 0.6 is 15.9 Å². The number of hydrogen-bond acceptors (Lipinski definition) is 2. The lowest BCUT2D eigenvalue weighted by atomic mass is 9.72. The quantitative estimate of drug-likeness (QED) is 0.526. The molecular formula is C10H15BrO2. The third-order valence-electron chi connectivity index (χ3n) is 3.31. The van der Waals surface area contributed by atoms with Crippen molar-refractivity contribution < 1.29 is 9.53 Å². The number of alkyl halides is 1. The first-order chi connectivity index (χ1) is 6.27. The lowest BCUT2D eigenvalue weighted by Gasteiger charge is -2.28. The first kappa shape index (κ1) is 9.50. The third kappa shape index (κ3) is 1.63. The van der Waals surface area contributed by atoms with Crippen molar-refractivity contribution >= 4 is 21.9 Å². The molecule has 13 heavy (non-hydrogen) atoms. The summed E-state index contributed by atoms with van der Waals surface area (Å²) < 4.78 is 5.32. The number of ether oxygens (including phenoxy) is 1. The van der Waals surface area contributed by atoms with Crippen molar-refractivity contribution in [2.45, 2.75) is 44.6 Å². The van der Waals surface area contributed by atoms with Crippen molar-refractivity contribution in [2.75, 3.05) is 5.33 Å². The molecule has 1 heterocycles. The highest BCUT2D eigenvalue weighted by Crippen LogP contribution is 2.46. The summed E-state index contributed by atoms with van der Waals surface area (Å²) in [6.07, 6.45) is 6.86. The number of carbonyl (C=O) groups excluding carboxylic acids is 1. The van der Waals surface area contributed by atoms with E-state index in [1.165, 1.54) is 19.3 Å². The maximum Gasteiger partial charge on any atom is 0.312 e. The lowest BCUT2D eigenvalue weighted by Crippen LogP contribution is -2.28. The van der Waals surface area contributed by atoms with Crippen molar-refractivity contribution in [3.8, 4) is 0 Å². The highest BCUT2D eigenvalue weighted by Gasteiger charge is 2.48. The Labute approximate surface area is 87.2 Å². The zero-order valence-corrected chi connectivity index (χ0v) is 9.31. The second kappa shape index (κ2) is 3.60. The summed E-state index contributed by atoms with van der Waals surface area (Å²) in [7, 11) is 0. The summed E-state index contributed by atoms with van der Waals surface area (Å²) >= 11 is 3.38. The van der Waals surface area contributed by atoms with Gasteiger partial charge in [0.15, 0.2) is 0 Å². The highest BCUT2D eigenvalue weighted by molar-refractivity contribution is 9.09. The monoisotopic (exact) mass is 246 g/mol. The van der Waals surface area contributed by atoms with Crippen LogP contribution in [0.15, 0.2) is 0 Å². The standard InChI is InChI=1S/C10H15BrO2/c11-7-8-6-10(9(12)13-8)4-2-1-3-5-10/h8H,1-7H2/t8-/m0/s1. The molecule has 0 bridgehead atoms. The molecule has 0 unspecified atom stereocenters. The molecule has 2 rings (SSSR count). The van der Waals surface area contributed by atoms with Crippen LogP contribution in [0.5, 0.6) is 0 Å². The van der Waals surface area contributed by atoms with Gasteiger partial charge in [-0.2, -0.15) is 0 Å². The first-order valence-corrected chi connectivity index (χ1v) is 6.16. The van der Waals surface area contributed by atoms with Crippen molar-refractivity contribution in [2.24, 2.45) is 5.41 Å². The Hall–Kier alpha value is -0.0500. The van der Waals surface area contributed by atoms with Gasteiger partial charge in [-0.05, 0) is 12.8 Å². The fourth-order valence-electron chi connectivity index (χ4n) is 2.56. The van der Waals surface area contributed by atoms with Crippen LogP contribution in [0.2, 0.25) is 0 Å². The fourth-order valence-corrected chi connectivity index (χ4v) is 2.92. The van der Waals surface area contributed by atoms with Crippen LogP contribution in [0.3, 0.4) is 0 Å². The van der Waals surface area contributed by atoms with Gasteiger partial charge in [-0.3, -0.25) is 4.79 Å². The highest BCUT2D eigenvalue weighted by atomic mass is 79.9. The van der Waals surface area contributed by atoms with E-state index in [9.17, 15) is 4.79 Å². The molecule has 0 aromatic carbocycles. The molecule has 1 aliphatic heterocycles. The van der Waals surface area contributed by atoms with E-state index in [-0.39, 0.29) is 17.5 Å². The van der Waals surface area contributed by atoms with Gasteiger partial charge in [-0.15, -0.1) is 0 Å². The average molecular weight is 247 g/mol. The Morgan fingerprint density at radius 1 is 1.38 bits per heavy atom. The van der Waals surface area contributed by atoms with Gasteiger partial charge in [0.25, 0.3) is 0 Å². The molecule has 0 aromatic heterocycles. The molecule has 0 amide bonds. The maximum atomic E-state index is 11.7. The first-order valence-electron chi connectivity index (χ1n) is 5.04. The molecule has 0 radical (unpaired) electrons. The summed E-state index contributed by atoms with van der Waals surface area (Å²) in [5, 5.41) is 0.792. The number of cyclic esters (lactones) is 1. The Morgan fingerprint density at radius 2 is 2.08 bits per heavy atom. The van der Waals surface area contributed by atoms with Crippen LogP contribution in [0.4, 0.5) is 0 Å². The van der Waals surface area contributed by atoms with Gasteiger partial charge in [-0.25, -0.2) is 0 Å². The molecule has 2 nitrogen and oxygen atoms in total. The predicted molar refractivity (Wildman–Crippen MR) is 53.8 cm³/mol. The van der Waals surface area contributed by atoms with E-state index in [2.05, 4.69) is 15.9 Å². The van der Waals surface area contributed by atoms with Crippen LogP contribution in [0.25, 0.3) is 0 Å². The summed E-state index contributed by atoms with van der Waals surface area (Å²) in [4.78, 5) is 11.7. The van der Waals surface area contributed by atoms with E-state index in [4.69, 9.17) is 4.74 Å². The van der Waals surface area contributed by atoms with E-state index in [1.807, 2.05) is 0 Å². The zero-order chi connectivity index (χ0) is 9.31. The van der Waals surface area contributed by atoms with Crippen LogP contribution in [-0.4, -0.2) is 17.4 Å². The molecule has 0 aromatic rings. The van der Waals surface area contributed by atoms with Gasteiger partial charge in [0.1, 0.15) is 6.10 Å². The summed E-state index contributed by atoms with van der Waals surface area (Å²) in [6.45, 7) is 0. The molecule has 3 heteroatoms. The SMILES string of the molecule is O=C1O[C@H](CBr)CC12CCCCC2. The van der Waals surface area contributed by atoms with Gasteiger partial charge in [0.2, 0.25) is 0 Å². The summed E-state index contributed by atoms with van der Waals surface area (Å²) in [5.74, 6) is 0.0663. The number of hydrogen-bond donors (Lipinski definition) is 0. The van der Waals surface area contributed by atoms with Crippen LogP contribution in [0, 0.1) is 5.41 Å². The number of halogens is 1. The Balaban J connectivity index is 2.08. The molecule has 1 aliphatic carbocycles. The fraction of sp³-hybridized carbons (Fsp3) is 0.900. The molecular weight excluding hydrogens is 232 g/mol. The summed E-state index contributed by atoms with van der Waals surface area (Å²) in [5.41, 5.74) is -0.0866. The molecule has 0 N–H and O–H groups in total. The van der Waals surface area contributed by atoms with Crippen molar-refractivity contribution in [1.29, 1.82) is 0 Å². The van der Waals surface area contributed by atoms with Gasteiger partial charge in [0.05, 0.1) is 5.41 Å². The lowest BCUT2D eigenvalue weighted by molar-refractivity contribution is -0.149. The maximum absolute atomic E-state index is 11.7. The minimum Gasteiger partial charge on any atom is -0.461 e. The van der Waals surface area contributed by atoms with E-state index in [0.717, 1.165) is 24.6 Å². The molecule has 2 aliphatic rings. The topological polar surface area (TPSA) is 26.3 Å². The molecule has 1 atom stereocenters. The number of esters is 1. The average Bonchev–Trinajstić information content (AvgIpc) is 2.45. The van der Waals surface area contributed by atoms with Crippen molar-refractivity contribution in [3.05, 3.63) is 0 Å². The Morgan fingerprint density at radius 3 is 2.62 bits per heavy atom. The zero-order valence-electron chi connectivity index (χ0n) is 7.72. The normalized spacial score (nSPS) is 32.1. The van der Waals surface area contributed by atoms with Gasteiger partial charge in [0, 0.05) is 11.8 Å². The van der Waals surface area contributed by atoms with Gasteiger partial charge in [-0.1, -0.05) is 35.2 Å². The van der Waals surface area contributed by atoms with Crippen molar-refractivity contribution in [3.63, 3.8) is 0 Å². The molecule has 74 valence electrons. The van der Waals surface area contributed by atoms with E-state index in [0.29, 0.717) is 0 Å². The molecule has 1 saturated carbocycles. The van der Waals surface area contributed by atoms with E-state index < -0.39 is 0 Å². The van der Waals surface area contributed by atoms with E-state index in [1.54, 1.807) is 0 Å². The second-order valence-corrected chi connectivity index (χ2v) is 4.87. The Kier molecular flexibility index (Phi) is 2.63. The second-order valence-electron chi connectivity index (χ2n) is 4.23. The molecule has 2 fully saturated rings. The minimum atomic E-state index is -0.0866. The number of carbonyl (C=O) groups is 1. The minimum absolute atomic E-state index is 0.0663.